The van der Waals surface area contributed by atoms with Crippen LogP contribution in [0.4, 0.5) is 0 Å². The lowest BCUT2D eigenvalue weighted by molar-refractivity contribution is 0.327. The average molecular weight is 312 g/mol. The largest absolute Gasteiger partial charge is 0.389 e. The Labute approximate surface area is 125 Å². The zero-order chi connectivity index (χ0) is 14.8. The molecule has 1 aliphatic carbocycles. The van der Waals surface area contributed by atoms with Gasteiger partial charge in [0.1, 0.15) is 4.99 Å². The molecule has 0 radical (unpaired) electrons. The molecule has 3 N–H and O–H groups in total. The van der Waals surface area contributed by atoms with Crippen LogP contribution in [0.3, 0.4) is 0 Å². The van der Waals surface area contributed by atoms with Crippen molar-refractivity contribution < 1.29 is 8.42 Å². The van der Waals surface area contributed by atoms with E-state index in [9.17, 15) is 8.42 Å². The number of hydrogen-bond donors (Lipinski definition) is 2. The number of thiocarbonyl (C=S) groups is 1. The van der Waals surface area contributed by atoms with Gasteiger partial charge >= 0.3 is 0 Å². The Morgan fingerprint density at radius 1 is 1.30 bits per heavy atom. The second-order valence-electron chi connectivity index (χ2n) is 5.48. The second-order valence-corrected chi connectivity index (χ2v) is 7.63. The van der Waals surface area contributed by atoms with Crippen LogP contribution >= 0.6 is 12.2 Å². The molecule has 1 saturated carbocycles. The van der Waals surface area contributed by atoms with Crippen LogP contribution in [0, 0.1) is 5.92 Å². The highest BCUT2D eigenvalue weighted by molar-refractivity contribution is 7.89. The monoisotopic (exact) mass is 312 g/mol. The fourth-order valence-electron chi connectivity index (χ4n) is 2.63. The Kier molecular flexibility index (Phi) is 4.78. The van der Waals surface area contributed by atoms with Crippen molar-refractivity contribution in [3.63, 3.8) is 0 Å². The Balaban J connectivity index is 2.11. The van der Waals surface area contributed by atoms with Crippen molar-refractivity contribution in [1.82, 2.24) is 4.72 Å². The van der Waals surface area contributed by atoms with Crippen LogP contribution < -0.4 is 10.5 Å². The molecule has 6 heteroatoms. The van der Waals surface area contributed by atoms with Gasteiger partial charge in [-0.3, -0.25) is 0 Å². The van der Waals surface area contributed by atoms with Crippen molar-refractivity contribution in [2.75, 3.05) is 0 Å². The van der Waals surface area contributed by atoms with E-state index in [0.29, 0.717) is 11.5 Å². The maximum absolute atomic E-state index is 12.3. The zero-order valence-corrected chi connectivity index (χ0v) is 13.1. The highest BCUT2D eigenvalue weighted by atomic mass is 32.2. The third-order valence-electron chi connectivity index (χ3n) is 3.71. The van der Waals surface area contributed by atoms with Gasteiger partial charge in [0.2, 0.25) is 10.0 Å². The first-order valence-electron chi connectivity index (χ1n) is 6.80. The van der Waals surface area contributed by atoms with E-state index in [1.165, 1.54) is 6.42 Å². The van der Waals surface area contributed by atoms with Crippen molar-refractivity contribution in [3.05, 3.63) is 29.8 Å². The van der Waals surface area contributed by atoms with E-state index in [2.05, 4.69) is 11.6 Å². The number of rotatable bonds is 4. The standard InChI is InChI=1S/C14H20N2O2S2/c1-10-3-2-4-12(9-10)16-20(17,18)13-7-5-11(6-8-13)14(15)19/h5-8,10,12,16H,2-4,9H2,1H3,(H2,15,19). The molecule has 0 aliphatic heterocycles. The molecule has 1 aromatic carbocycles. The summed E-state index contributed by atoms with van der Waals surface area (Å²) in [6.07, 6.45) is 4.08. The quantitative estimate of drug-likeness (QED) is 0.836. The van der Waals surface area contributed by atoms with Gasteiger partial charge in [-0.25, -0.2) is 13.1 Å². The lowest BCUT2D eigenvalue weighted by Gasteiger charge is -2.27. The van der Waals surface area contributed by atoms with E-state index in [-0.39, 0.29) is 15.9 Å². The fourth-order valence-corrected chi connectivity index (χ4v) is 4.05. The van der Waals surface area contributed by atoms with Crippen LogP contribution in [0.1, 0.15) is 38.2 Å². The number of benzene rings is 1. The molecule has 2 rings (SSSR count). The van der Waals surface area contributed by atoms with Crippen molar-refractivity contribution in [2.45, 2.75) is 43.5 Å². The first kappa shape index (κ1) is 15.4. The molecule has 20 heavy (non-hydrogen) atoms. The Morgan fingerprint density at radius 3 is 2.50 bits per heavy atom. The maximum atomic E-state index is 12.3. The molecule has 0 spiro atoms. The fraction of sp³-hybridized carbons (Fsp3) is 0.500. The SMILES string of the molecule is CC1CCCC(NS(=O)(=O)c2ccc(C(N)=S)cc2)C1. The Hall–Kier alpha value is -0.980. The van der Waals surface area contributed by atoms with Crippen molar-refractivity contribution in [3.8, 4) is 0 Å². The van der Waals surface area contributed by atoms with Crippen LogP contribution in [0.25, 0.3) is 0 Å². The third kappa shape index (κ3) is 3.77. The van der Waals surface area contributed by atoms with Gasteiger partial charge in [-0.2, -0.15) is 0 Å². The van der Waals surface area contributed by atoms with E-state index in [0.717, 1.165) is 19.3 Å². The van der Waals surface area contributed by atoms with Gasteiger partial charge in [-0.1, -0.05) is 44.1 Å². The first-order chi connectivity index (χ1) is 9.38. The Morgan fingerprint density at radius 2 is 1.95 bits per heavy atom. The minimum Gasteiger partial charge on any atom is -0.389 e. The summed E-state index contributed by atoms with van der Waals surface area (Å²) in [6.45, 7) is 2.16. The molecule has 0 amide bonds. The van der Waals surface area contributed by atoms with Crippen LogP contribution in [0.5, 0.6) is 0 Å². The molecule has 0 heterocycles. The summed E-state index contributed by atoms with van der Waals surface area (Å²) in [6, 6.07) is 6.41. The van der Waals surface area contributed by atoms with Gasteiger partial charge in [-0.05, 0) is 30.9 Å². The number of nitrogens with one attached hydrogen (secondary N) is 1. The van der Waals surface area contributed by atoms with Gasteiger partial charge in [0, 0.05) is 11.6 Å². The van der Waals surface area contributed by atoms with Crippen molar-refractivity contribution in [2.24, 2.45) is 11.7 Å². The lowest BCUT2D eigenvalue weighted by atomic mass is 9.88. The second kappa shape index (κ2) is 6.20. The van der Waals surface area contributed by atoms with Gasteiger partial charge in [0.25, 0.3) is 0 Å². The van der Waals surface area contributed by atoms with E-state index in [1.54, 1.807) is 24.3 Å². The number of nitrogens with two attached hydrogens (primary N) is 1. The number of hydrogen-bond acceptors (Lipinski definition) is 3. The summed E-state index contributed by atoms with van der Waals surface area (Å²) in [4.78, 5) is 0.527. The van der Waals surface area contributed by atoms with Crippen molar-refractivity contribution in [1.29, 1.82) is 0 Å². The number of sulfonamides is 1. The normalized spacial score (nSPS) is 23.4. The molecule has 0 saturated heterocycles. The van der Waals surface area contributed by atoms with Crippen LogP contribution in [0.15, 0.2) is 29.2 Å². The highest BCUT2D eigenvalue weighted by Crippen LogP contribution is 2.24. The molecular weight excluding hydrogens is 292 g/mol. The molecule has 4 nitrogen and oxygen atoms in total. The van der Waals surface area contributed by atoms with Gasteiger partial charge in [-0.15, -0.1) is 0 Å². The van der Waals surface area contributed by atoms with E-state index in [1.807, 2.05) is 0 Å². The highest BCUT2D eigenvalue weighted by Gasteiger charge is 2.24. The minimum atomic E-state index is -3.46. The summed E-state index contributed by atoms with van der Waals surface area (Å²) in [5.74, 6) is 0.577. The molecule has 2 atom stereocenters. The molecule has 2 unspecified atom stereocenters. The molecule has 1 fully saturated rings. The Bertz CT molecular complexity index is 582. The molecule has 1 aromatic rings. The molecule has 110 valence electrons. The molecule has 0 bridgehead atoms. The van der Waals surface area contributed by atoms with Crippen LogP contribution in [-0.4, -0.2) is 19.4 Å². The first-order valence-corrected chi connectivity index (χ1v) is 8.70. The molecule has 0 aromatic heterocycles. The van der Waals surface area contributed by atoms with Gasteiger partial charge < -0.3 is 5.73 Å². The van der Waals surface area contributed by atoms with E-state index < -0.39 is 10.0 Å². The summed E-state index contributed by atoms with van der Waals surface area (Å²) in [7, 11) is -3.46. The zero-order valence-electron chi connectivity index (χ0n) is 11.5. The average Bonchev–Trinajstić information content (AvgIpc) is 2.38. The lowest BCUT2D eigenvalue weighted by Crippen LogP contribution is -2.37. The van der Waals surface area contributed by atoms with Crippen LogP contribution in [-0.2, 0) is 10.0 Å². The predicted molar refractivity (Wildman–Crippen MR) is 84.1 cm³/mol. The molecular formula is C14H20N2O2S2. The maximum Gasteiger partial charge on any atom is 0.240 e. The minimum absolute atomic E-state index is 0.0408. The third-order valence-corrected chi connectivity index (χ3v) is 5.48. The molecule has 1 aliphatic rings. The van der Waals surface area contributed by atoms with E-state index in [4.69, 9.17) is 18.0 Å². The predicted octanol–water partition coefficient (Wildman–Crippen LogP) is 2.18. The smallest absolute Gasteiger partial charge is 0.240 e. The van der Waals surface area contributed by atoms with Gasteiger partial charge in [0.15, 0.2) is 0 Å². The summed E-state index contributed by atoms with van der Waals surface area (Å²) < 4.78 is 27.4. The summed E-state index contributed by atoms with van der Waals surface area (Å²) in [5, 5.41) is 0. The summed E-state index contributed by atoms with van der Waals surface area (Å²) >= 11 is 4.86. The summed E-state index contributed by atoms with van der Waals surface area (Å²) in [5.41, 5.74) is 6.18. The van der Waals surface area contributed by atoms with Crippen molar-refractivity contribution >= 4 is 27.2 Å². The topological polar surface area (TPSA) is 72.2 Å². The van der Waals surface area contributed by atoms with Crippen LogP contribution in [0.2, 0.25) is 0 Å². The van der Waals surface area contributed by atoms with E-state index >= 15 is 0 Å². The van der Waals surface area contributed by atoms with Gasteiger partial charge in [0.05, 0.1) is 4.90 Å².